The zero-order chi connectivity index (χ0) is 16.6. The van der Waals surface area contributed by atoms with Crippen LogP contribution >= 0.6 is 0 Å². The Hall–Kier alpha value is -1.76. The van der Waals surface area contributed by atoms with Crippen molar-refractivity contribution in [2.45, 2.75) is 23.8 Å². The van der Waals surface area contributed by atoms with E-state index in [2.05, 4.69) is 4.98 Å². The Balaban J connectivity index is 1.39. The molecule has 0 N–H and O–H groups in total. The van der Waals surface area contributed by atoms with Crippen LogP contribution in [0.15, 0.2) is 59.8 Å². The van der Waals surface area contributed by atoms with E-state index in [4.69, 9.17) is 4.74 Å². The second-order valence-electron chi connectivity index (χ2n) is 6.79. The molecule has 0 radical (unpaired) electrons. The topological polar surface area (TPSA) is 59.5 Å². The maximum Gasteiger partial charge on any atom is 0.243 e. The number of pyridine rings is 1. The highest BCUT2D eigenvalue weighted by Gasteiger charge is 2.52. The van der Waals surface area contributed by atoms with E-state index in [-0.39, 0.29) is 11.5 Å². The normalized spacial score (nSPS) is 23.2. The summed E-state index contributed by atoms with van der Waals surface area (Å²) < 4.78 is 32.7. The molecule has 126 valence electrons. The zero-order valence-corrected chi connectivity index (χ0v) is 14.2. The molecule has 3 heterocycles. The Morgan fingerprint density at radius 1 is 1.17 bits per heavy atom. The first kappa shape index (κ1) is 15.7. The molecule has 2 aliphatic heterocycles. The van der Waals surface area contributed by atoms with Gasteiger partial charge in [0.15, 0.2) is 0 Å². The molecule has 2 fully saturated rings. The first-order valence-electron chi connectivity index (χ1n) is 8.13. The molecule has 6 heteroatoms. The van der Waals surface area contributed by atoms with E-state index < -0.39 is 10.0 Å². The first-order valence-corrected chi connectivity index (χ1v) is 9.57. The highest BCUT2D eigenvalue weighted by molar-refractivity contribution is 7.89. The third-order valence-corrected chi connectivity index (χ3v) is 6.68. The molecular weight excluding hydrogens is 324 g/mol. The molecular formula is C18H20N2O3S. The predicted molar refractivity (Wildman–Crippen MR) is 89.9 cm³/mol. The van der Waals surface area contributed by atoms with Gasteiger partial charge in [0.05, 0.1) is 17.6 Å². The minimum atomic E-state index is -3.37. The fraction of sp³-hybridized carbons (Fsp3) is 0.389. The second kappa shape index (κ2) is 5.95. The molecule has 4 rings (SSSR count). The summed E-state index contributed by atoms with van der Waals surface area (Å²) in [6, 6.07) is 12.6. The van der Waals surface area contributed by atoms with Crippen LogP contribution in [0.25, 0.3) is 0 Å². The van der Waals surface area contributed by atoms with Crippen molar-refractivity contribution in [3.05, 3.63) is 60.4 Å². The van der Waals surface area contributed by atoms with Gasteiger partial charge in [0.1, 0.15) is 0 Å². The van der Waals surface area contributed by atoms with Crippen LogP contribution in [0.1, 0.15) is 12.0 Å². The molecule has 0 aliphatic carbocycles. The maximum atomic E-state index is 12.6. The van der Waals surface area contributed by atoms with Gasteiger partial charge in [0.25, 0.3) is 0 Å². The van der Waals surface area contributed by atoms with Crippen LogP contribution in [0, 0.1) is 5.41 Å². The smallest absolute Gasteiger partial charge is 0.243 e. The molecule has 1 spiro atoms. The molecule has 1 atom stereocenters. The predicted octanol–water partition coefficient (Wildman–Crippen LogP) is 2.10. The minimum absolute atomic E-state index is 0.0191. The Labute approximate surface area is 142 Å². The van der Waals surface area contributed by atoms with Gasteiger partial charge in [0.2, 0.25) is 10.0 Å². The Morgan fingerprint density at radius 3 is 2.67 bits per heavy atom. The molecule has 0 saturated carbocycles. The van der Waals surface area contributed by atoms with Gasteiger partial charge in [-0.3, -0.25) is 4.98 Å². The van der Waals surface area contributed by atoms with Crippen molar-refractivity contribution in [3.63, 3.8) is 0 Å². The molecule has 5 nitrogen and oxygen atoms in total. The number of ether oxygens (including phenoxy) is 1. The fourth-order valence-electron chi connectivity index (χ4n) is 3.64. The van der Waals surface area contributed by atoms with Gasteiger partial charge in [-0.25, -0.2) is 8.42 Å². The lowest BCUT2D eigenvalue weighted by molar-refractivity contribution is 0.0422. The van der Waals surface area contributed by atoms with Crippen LogP contribution in [0.2, 0.25) is 0 Å². The third kappa shape index (κ3) is 2.85. The van der Waals surface area contributed by atoms with Crippen molar-refractivity contribution < 1.29 is 13.2 Å². The molecule has 0 unspecified atom stereocenters. The highest BCUT2D eigenvalue weighted by atomic mass is 32.2. The number of rotatable bonds is 4. The van der Waals surface area contributed by atoms with E-state index in [9.17, 15) is 8.42 Å². The minimum Gasteiger partial charge on any atom is -0.377 e. The number of nitrogens with zero attached hydrogens (tertiary/aromatic N) is 2. The number of aromatic nitrogens is 1. The first-order chi connectivity index (χ1) is 11.6. The Morgan fingerprint density at radius 2 is 1.96 bits per heavy atom. The average molecular weight is 344 g/mol. The van der Waals surface area contributed by atoms with Gasteiger partial charge in [-0.15, -0.1) is 0 Å². The highest BCUT2D eigenvalue weighted by Crippen LogP contribution is 2.44. The molecule has 24 heavy (non-hydrogen) atoms. The van der Waals surface area contributed by atoms with Crippen molar-refractivity contribution in [1.82, 2.24) is 9.29 Å². The number of sulfonamides is 1. The zero-order valence-electron chi connectivity index (χ0n) is 13.3. The molecule has 0 amide bonds. The van der Waals surface area contributed by atoms with Gasteiger partial charge < -0.3 is 4.74 Å². The standard InChI is InChI=1S/C18H20N2O3S/c21-24(22,17-6-2-1-3-7-17)20-12-18(13-20)10-16(23-14-18)9-15-5-4-8-19-11-15/h1-8,11,16H,9-10,12-14H2/t16-/m1/s1. The van der Waals surface area contributed by atoms with E-state index >= 15 is 0 Å². The van der Waals surface area contributed by atoms with E-state index in [0.717, 1.165) is 18.4 Å². The Kier molecular flexibility index (Phi) is 3.90. The summed E-state index contributed by atoms with van der Waals surface area (Å²) in [6.45, 7) is 1.74. The van der Waals surface area contributed by atoms with Gasteiger partial charge in [-0.05, 0) is 30.2 Å². The van der Waals surface area contributed by atoms with Gasteiger partial charge in [-0.2, -0.15) is 4.31 Å². The van der Waals surface area contributed by atoms with Crippen LogP contribution in [0.5, 0.6) is 0 Å². The van der Waals surface area contributed by atoms with Gasteiger partial charge in [0, 0.05) is 37.3 Å². The molecule has 2 saturated heterocycles. The molecule has 0 bridgehead atoms. The van der Waals surface area contributed by atoms with E-state index in [1.165, 1.54) is 0 Å². The van der Waals surface area contributed by atoms with E-state index in [1.54, 1.807) is 34.8 Å². The van der Waals surface area contributed by atoms with Crippen molar-refractivity contribution >= 4 is 10.0 Å². The maximum absolute atomic E-state index is 12.6. The molecule has 2 aliphatic rings. The quantitative estimate of drug-likeness (QED) is 0.852. The largest absolute Gasteiger partial charge is 0.377 e. The van der Waals surface area contributed by atoms with Gasteiger partial charge in [-0.1, -0.05) is 24.3 Å². The van der Waals surface area contributed by atoms with Crippen molar-refractivity contribution in [2.24, 2.45) is 5.41 Å². The van der Waals surface area contributed by atoms with Crippen LogP contribution in [0.4, 0.5) is 0 Å². The fourth-order valence-corrected chi connectivity index (χ4v) is 5.33. The molecule has 1 aromatic carbocycles. The Bertz CT molecular complexity index is 803. The van der Waals surface area contributed by atoms with Crippen LogP contribution in [-0.2, 0) is 21.2 Å². The second-order valence-corrected chi connectivity index (χ2v) is 8.73. The summed E-state index contributed by atoms with van der Waals surface area (Å²) >= 11 is 0. The number of benzene rings is 1. The molecule has 2 aromatic rings. The SMILES string of the molecule is O=S(=O)(c1ccccc1)N1CC2(CO[C@H](Cc3cccnc3)C2)C1. The summed E-state index contributed by atoms with van der Waals surface area (Å²) in [5.41, 5.74) is 1.14. The number of hydrogen-bond donors (Lipinski definition) is 0. The third-order valence-electron chi connectivity index (χ3n) is 4.88. The molecule has 1 aromatic heterocycles. The lowest BCUT2D eigenvalue weighted by Gasteiger charge is -2.46. The van der Waals surface area contributed by atoms with Crippen molar-refractivity contribution in [1.29, 1.82) is 0 Å². The monoisotopic (exact) mass is 344 g/mol. The summed E-state index contributed by atoms with van der Waals surface area (Å²) in [6.07, 6.45) is 5.51. The average Bonchev–Trinajstić information content (AvgIpc) is 3.00. The van der Waals surface area contributed by atoms with Crippen LogP contribution in [-0.4, -0.2) is 43.5 Å². The van der Waals surface area contributed by atoms with E-state index in [1.807, 2.05) is 24.4 Å². The van der Waals surface area contributed by atoms with Gasteiger partial charge >= 0.3 is 0 Å². The van der Waals surface area contributed by atoms with Crippen LogP contribution < -0.4 is 0 Å². The van der Waals surface area contributed by atoms with Crippen LogP contribution in [0.3, 0.4) is 0 Å². The lowest BCUT2D eigenvalue weighted by atomic mass is 9.79. The summed E-state index contributed by atoms with van der Waals surface area (Å²) in [4.78, 5) is 4.50. The summed E-state index contributed by atoms with van der Waals surface area (Å²) in [7, 11) is -3.37. The lowest BCUT2D eigenvalue weighted by Crippen LogP contribution is -2.58. The van der Waals surface area contributed by atoms with Crippen molar-refractivity contribution in [2.75, 3.05) is 19.7 Å². The summed E-state index contributed by atoms with van der Waals surface area (Å²) in [5.74, 6) is 0. The van der Waals surface area contributed by atoms with E-state index in [0.29, 0.717) is 24.6 Å². The summed E-state index contributed by atoms with van der Waals surface area (Å²) in [5, 5.41) is 0. The number of hydrogen-bond acceptors (Lipinski definition) is 4. The van der Waals surface area contributed by atoms with Crippen molar-refractivity contribution in [3.8, 4) is 0 Å².